The van der Waals surface area contributed by atoms with Crippen LogP contribution in [0.15, 0.2) is 0 Å². The molecule has 72 valence electrons. The summed E-state index contributed by atoms with van der Waals surface area (Å²) in [7, 11) is 0. The molecular formula is C9H19NO2. The maximum absolute atomic E-state index is 11.2. The SMILES string of the molecule is CCOC(=O)N(CC)CC(C)C. The Balaban J connectivity index is 3.87. The molecule has 0 bridgehead atoms. The second-order valence-electron chi connectivity index (χ2n) is 3.13. The lowest BCUT2D eigenvalue weighted by molar-refractivity contribution is 0.105. The third-order valence-corrected chi connectivity index (χ3v) is 1.49. The molecule has 0 aromatic rings. The zero-order chi connectivity index (χ0) is 9.56. The highest BCUT2D eigenvalue weighted by atomic mass is 16.6. The fourth-order valence-electron chi connectivity index (χ4n) is 0.988. The molecule has 0 radical (unpaired) electrons. The molecule has 0 aromatic heterocycles. The van der Waals surface area contributed by atoms with Crippen molar-refractivity contribution < 1.29 is 9.53 Å². The highest BCUT2D eigenvalue weighted by Crippen LogP contribution is 2.00. The average molecular weight is 173 g/mol. The molecule has 12 heavy (non-hydrogen) atoms. The largest absolute Gasteiger partial charge is 0.450 e. The highest BCUT2D eigenvalue weighted by molar-refractivity contribution is 5.67. The molecule has 0 aliphatic carbocycles. The van der Waals surface area contributed by atoms with Crippen LogP contribution in [0.1, 0.15) is 27.7 Å². The van der Waals surface area contributed by atoms with Gasteiger partial charge in [-0.2, -0.15) is 0 Å². The first-order valence-corrected chi connectivity index (χ1v) is 4.53. The number of amides is 1. The minimum Gasteiger partial charge on any atom is -0.450 e. The summed E-state index contributed by atoms with van der Waals surface area (Å²) in [5.74, 6) is 0.495. The van der Waals surface area contributed by atoms with E-state index in [9.17, 15) is 4.79 Å². The normalized spacial score (nSPS) is 10.1. The first-order chi connectivity index (χ1) is 5.61. The molecule has 0 aliphatic rings. The van der Waals surface area contributed by atoms with Crippen LogP contribution in [0.25, 0.3) is 0 Å². The van der Waals surface area contributed by atoms with Crippen molar-refractivity contribution in [3.8, 4) is 0 Å². The predicted octanol–water partition coefficient (Wildman–Crippen LogP) is 2.12. The molecule has 1 amide bonds. The van der Waals surface area contributed by atoms with E-state index in [1.54, 1.807) is 4.90 Å². The zero-order valence-corrected chi connectivity index (χ0v) is 8.46. The van der Waals surface area contributed by atoms with Crippen molar-refractivity contribution in [2.24, 2.45) is 5.92 Å². The number of carbonyl (C=O) groups is 1. The quantitative estimate of drug-likeness (QED) is 0.651. The number of carbonyl (C=O) groups excluding carboxylic acids is 1. The first kappa shape index (κ1) is 11.3. The standard InChI is InChI=1S/C9H19NO2/c1-5-10(7-8(3)4)9(11)12-6-2/h8H,5-7H2,1-4H3. The smallest absolute Gasteiger partial charge is 0.409 e. The van der Waals surface area contributed by atoms with Crippen molar-refractivity contribution in [3.63, 3.8) is 0 Å². The molecule has 0 unspecified atom stereocenters. The third kappa shape index (κ3) is 4.21. The van der Waals surface area contributed by atoms with E-state index in [2.05, 4.69) is 13.8 Å². The Morgan fingerprint density at radius 1 is 1.42 bits per heavy atom. The van der Waals surface area contributed by atoms with E-state index in [0.717, 1.165) is 13.1 Å². The number of hydrogen-bond acceptors (Lipinski definition) is 2. The van der Waals surface area contributed by atoms with Crippen LogP contribution >= 0.6 is 0 Å². The van der Waals surface area contributed by atoms with Crippen LogP contribution in [0.2, 0.25) is 0 Å². The van der Waals surface area contributed by atoms with Crippen LogP contribution in [0.4, 0.5) is 4.79 Å². The van der Waals surface area contributed by atoms with E-state index in [1.165, 1.54) is 0 Å². The molecule has 0 spiro atoms. The summed E-state index contributed by atoms with van der Waals surface area (Å²) in [5, 5.41) is 0. The Morgan fingerprint density at radius 3 is 2.33 bits per heavy atom. The summed E-state index contributed by atoms with van der Waals surface area (Å²) in [4.78, 5) is 12.9. The Labute approximate surface area is 74.7 Å². The van der Waals surface area contributed by atoms with Crippen LogP contribution in [-0.4, -0.2) is 30.7 Å². The summed E-state index contributed by atoms with van der Waals surface area (Å²) >= 11 is 0. The van der Waals surface area contributed by atoms with Gasteiger partial charge in [-0.25, -0.2) is 4.79 Å². The molecule has 0 rings (SSSR count). The van der Waals surface area contributed by atoms with Gasteiger partial charge in [0.2, 0.25) is 0 Å². The van der Waals surface area contributed by atoms with E-state index in [4.69, 9.17) is 4.74 Å². The van der Waals surface area contributed by atoms with Crippen molar-refractivity contribution in [1.29, 1.82) is 0 Å². The van der Waals surface area contributed by atoms with Gasteiger partial charge in [0.25, 0.3) is 0 Å². The number of ether oxygens (including phenoxy) is 1. The molecular weight excluding hydrogens is 154 g/mol. The average Bonchev–Trinajstić information content (AvgIpc) is 2.00. The van der Waals surface area contributed by atoms with Crippen molar-refractivity contribution in [2.75, 3.05) is 19.7 Å². The number of nitrogens with zero attached hydrogens (tertiary/aromatic N) is 1. The van der Waals surface area contributed by atoms with Crippen molar-refractivity contribution in [3.05, 3.63) is 0 Å². The van der Waals surface area contributed by atoms with Gasteiger partial charge in [-0.05, 0) is 19.8 Å². The van der Waals surface area contributed by atoms with Gasteiger partial charge in [0.05, 0.1) is 6.61 Å². The van der Waals surface area contributed by atoms with Gasteiger partial charge >= 0.3 is 6.09 Å². The fraction of sp³-hybridized carbons (Fsp3) is 0.889. The van der Waals surface area contributed by atoms with Gasteiger partial charge in [0, 0.05) is 13.1 Å². The lowest BCUT2D eigenvalue weighted by Crippen LogP contribution is -2.34. The van der Waals surface area contributed by atoms with Gasteiger partial charge in [-0.3, -0.25) is 0 Å². The van der Waals surface area contributed by atoms with Crippen molar-refractivity contribution >= 4 is 6.09 Å². The van der Waals surface area contributed by atoms with Crippen LogP contribution < -0.4 is 0 Å². The number of hydrogen-bond donors (Lipinski definition) is 0. The van der Waals surface area contributed by atoms with Crippen LogP contribution in [0.3, 0.4) is 0 Å². The Morgan fingerprint density at radius 2 is 2.00 bits per heavy atom. The Bertz CT molecular complexity index is 134. The van der Waals surface area contributed by atoms with E-state index in [0.29, 0.717) is 12.5 Å². The van der Waals surface area contributed by atoms with E-state index in [-0.39, 0.29) is 6.09 Å². The fourth-order valence-corrected chi connectivity index (χ4v) is 0.988. The molecule has 0 saturated carbocycles. The molecule has 3 nitrogen and oxygen atoms in total. The minimum absolute atomic E-state index is 0.200. The summed E-state index contributed by atoms with van der Waals surface area (Å²) in [6.07, 6.45) is -0.200. The lowest BCUT2D eigenvalue weighted by atomic mass is 10.2. The maximum Gasteiger partial charge on any atom is 0.409 e. The molecule has 0 aliphatic heterocycles. The molecule has 0 N–H and O–H groups in total. The Hall–Kier alpha value is -0.730. The topological polar surface area (TPSA) is 29.5 Å². The van der Waals surface area contributed by atoms with Crippen molar-refractivity contribution in [1.82, 2.24) is 4.90 Å². The predicted molar refractivity (Wildman–Crippen MR) is 49.1 cm³/mol. The van der Waals surface area contributed by atoms with Crippen molar-refractivity contribution in [2.45, 2.75) is 27.7 Å². The first-order valence-electron chi connectivity index (χ1n) is 4.53. The third-order valence-electron chi connectivity index (χ3n) is 1.49. The molecule has 3 heteroatoms. The van der Waals surface area contributed by atoms with E-state index >= 15 is 0 Å². The molecule has 0 aromatic carbocycles. The van der Waals surface area contributed by atoms with E-state index in [1.807, 2.05) is 13.8 Å². The van der Waals surface area contributed by atoms with Crippen LogP contribution in [0.5, 0.6) is 0 Å². The summed E-state index contributed by atoms with van der Waals surface area (Å²) in [5.41, 5.74) is 0. The monoisotopic (exact) mass is 173 g/mol. The molecule has 0 fully saturated rings. The van der Waals surface area contributed by atoms with Crippen LogP contribution in [-0.2, 0) is 4.74 Å². The summed E-state index contributed by atoms with van der Waals surface area (Å²) in [6, 6.07) is 0. The second-order valence-corrected chi connectivity index (χ2v) is 3.13. The van der Waals surface area contributed by atoms with Gasteiger partial charge in [-0.15, -0.1) is 0 Å². The zero-order valence-electron chi connectivity index (χ0n) is 8.46. The lowest BCUT2D eigenvalue weighted by Gasteiger charge is -2.21. The van der Waals surface area contributed by atoms with E-state index < -0.39 is 0 Å². The minimum atomic E-state index is -0.200. The van der Waals surface area contributed by atoms with Gasteiger partial charge in [-0.1, -0.05) is 13.8 Å². The molecule has 0 atom stereocenters. The number of rotatable bonds is 4. The maximum atomic E-state index is 11.2. The van der Waals surface area contributed by atoms with Gasteiger partial charge in [0.15, 0.2) is 0 Å². The van der Waals surface area contributed by atoms with Crippen LogP contribution in [0, 0.1) is 5.92 Å². The Kier molecular flexibility index (Phi) is 5.51. The summed E-state index contributed by atoms with van der Waals surface area (Å²) < 4.78 is 4.88. The highest BCUT2D eigenvalue weighted by Gasteiger charge is 2.12. The molecule has 0 saturated heterocycles. The molecule has 0 heterocycles. The summed E-state index contributed by atoms with van der Waals surface area (Å²) in [6.45, 7) is 9.89. The second kappa shape index (κ2) is 5.86. The van der Waals surface area contributed by atoms with Gasteiger partial charge in [0.1, 0.15) is 0 Å². The van der Waals surface area contributed by atoms with Gasteiger partial charge < -0.3 is 9.64 Å².